The smallest absolute Gasteiger partial charge is 0.255 e. The molecule has 0 aliphatic carbocycles. The van der Waals surface area contributed by atoms with Crippen LogP contribution in [0.2, 0.25) is 5.02 Å². The lowest BCUT2D eigenvalue weighted by atomic mass is 9.93. The van der Waals surface area contributed by atoms with E-state index in [1.54, 1.807) is 18.2 Å². The second kappa shape index (κ2) is 10.1. The Hall–Kier alpha value is -3.03. The van der Waals surface area contributed by atoms with Crippen LogP contribution in [0.4, 0.5) is 5.69 Å². The summed E-state index contributed by atoms with van der Waals surface area (Å²) in [6.45, 7) is 9.80. The lowest BCUT2D eigenvalue weighted by molar-refractivity contribution is -0.113. The van der Waals surface area contributed by atoms with Crippen LogP contribution in [0, 0.1) is 13.8 Å². The van der Waals surface area contributed by atoms with Crippen LogP contribution in [-0.4, -0.2) is 24.7 Å². The zero-order valence-electron chi connectivity index (χ0n) is 18.5. The third-order valence-electron chi connectivity index (χ3n) is 5.20. The predicted molar refractivity (Wildman–Crippen MR) is 133 cm³/mol. The monoisotopic (exact) mass is 471 g/mol. The number of benzene rings is 2. The number of halogens is 1. The lowest BCUT2D eigenvalue weighted by Gasteiger charge is -2.31. The average Bonchev–Trinajstić information content (AvgIpc) is 2.74. The summed E-state index contributed by atoms with van der Waals surface area (Å²) in [4.78, 5) is 13.4. The van der Waals surface area contributed by atoms with E-state index in [9.17, 15) is 4.79 Å². The summed E-state index contributed by atoms with van der Waals surface area (Å²) >= 11 is 11.7. The third-order valence-corrected chi connectivity index (χ3v) is 5.64. The van der Waals surface area contributed by atoms with E-state index >= 15 is 0 Å². The number of carbonyl (C=O) groups excluding carboxylic acids is 1. The molecule has 1 unspecified atom stereocenters. The van der Waals surface area contributed by atoms with E-state index in [0.717, 1.165) is 11.1 Å². The van der Waals surface area contributed by atoms with E-state index in [1.807, 2.05) is 39.0 Å². The van der Waals surface area contributed by atoms with Gasteiger partial charge in [0, 0.05) is 28.0 Å². The Kier molecular flexibility index (Phi) is 7.43. The molecule has 168 valence electrons. The maximum absolute atomic E-state index is 13.4. The maximum Gasteiger partial charge on any atom is 0.255 e. The standard InChI is InChI=1S/C24H26ClN3O3S/c1-6-9-31-22-18(11-16(25)12-19(22)30-5)21-20(15(4)26-24(32)28-21)23(29)27-17-8-7-13(2)14(3)10-17/h6-8,10-12,21H,1,9H2,2-5H3,(H,27,29)(H2,26,28,32). The van der Waals surface area contributed by atoms with E-state index in [1.165, 1.54) is 7.11 Å². The Morgan fingerprint density at radius 1 is 1.25 bits per heavy atom. The highest BCUT2D eigenvalue weighted by atomic mass is 35.5. The number of allylic oxidation sites excluding steroid dienone is 1. The van der Waals surface area contributed by atoms with Crippen LogP contribution in [-0.2, 0) is 4.79 Å². The third kappa shape index (κ3) is 5.06. The second-order valence-corrected chi connectivity index (χ2v) is 8.29. The van der Waals surface area contributed by atoms with Crippen molar-refractivity contribution in [1.82, 2.24) is 10.6 Å². The summed E-state index contributed by atoms with van der Waals surface area (Å²) in [5.41, 5.74) is 4.67. The molecule has 3 N–H and O–H groups in total. The first-order valence-corrected chi connectivity index (χ1v) is 10.8. The summed E-state index contributed by atoms with van der Waals surface area (Å²) in [5.74, 6) is 0.641. The van der Waals surface area contributed by atoms with Crippen molar-refractivity contribution < 1.29 is 14.3 Å². The molecule has 0 spiro atoms. The van der Waals surface area contributed by atoms with Gasteiger partial charge < -0.3 is 25.4 Å². The summed E-state index contributed by atoms with van der Waals surface area (Å²) < 4.78 is 11.4. The van der Waals surface area contributed by atoms with Crippen LogP contribution < -0.4 is 25.4 Å². The molecule has 2 aromatic carbocycles. The first-order valence-electron chi connectivity index (χ1n) is 10.0. The number of carbonyl (C=O) groups is 1. The maximum atomic E-state index is 13.4. The van der Waals surface area contributed by atoms with Crippen molar-refractivity contribution in [2.24, 2.45) is 0 Å². The van der Waals surface area contributed by atoms with Crippen LogP contribution >= 0.6 is 23.8 Å². The molecule has 1 atom stereocenters. The lowest BCUT2D eigenvalue weighted by Crippen LogP contribution is -2.45. The highest BCUT2D eigenvalue weighted by Gasteiger charge is 2.33. The molecule has 0 bridgehead atoms. The molecule has 32 heavy (non-hydrogen) atoms. The van der Waals surface area contributed by atoms with Gasteiger partial charge in [0.15, 0.2) is 16.6 Å². The minimum Gasteiger partial charge on any atom is -0.493 e. The summed E-state index contributed by atoms with van der Waals surface area (Å²) in [6.07, 6.45) is 1.63. The summed E-state index contributed by atoms with van der Waals surface area (Å²) in [6, 6.07) is 8.58. The zero-order valence-corrected chi connectivity index (χ0v) is 20.0. The fourth-order valence-corrected chi connectivity index (χ4v) is 3.98. The van der Waals surface area contributed by atoms with Crippen molar-refractivity contribution in [1.29, 1.82) is 0 Å². The number of hydrogen-bond acceptors (Lipinski definition) is 4. The molecule has 0 aromatic heterocycles. The first-order chi connectivity index (χ1) is 15.2. The molecule has 1 aliphatic heterocycles. The summed E-state index contributed by atoms with van der Waals surface area (Å²) in [7, 11) is 1.53. The van der Waals surface area contributed by atoms with Crippen molar-refractivity contribution in [3.05, 3.63) is 76.0 Å². The molecule has 6 nitrogen and oxygen atoms in total. The molecule has 0 saturated carbocycles. The van der Waals surface area contributed by atoms with Crippen molar-refractivity contribution in [3.63, 3.8) is 0 Å². The molecular formula is C24H26ClN3O3S. The van der Waals surface area contributed by atoms with Gasteiger partial charge in [0.2, 0.25) is 0 Å². The van der Waals surface area contributed by atoms with Crippen LogP contribution in [0.15, 0.2) is 54.3 Å². The molecule has 0 radical (unpaired) electrons. The van der Waals surface area contributed by atoms with Crippen LogP contribution in [0.25, 0.3) is 0 Å². The normalized spacial score (nSPS) is 15.5. The van der Waals surface area contributed by atoms with Crippen molar-refractivity contribution in [2.45, 2.75) is 26.8 Å². The number of rotatable bonds is 7. The number of hydrogen-bond donors (Lipinski definition) is 3. The first kappa shape index (κ1) is 23.6. The van der Waals surface area contributed by atoms with E-state index < -0.39 is 6.04 Å². The van der Waals surface area contributed by atoms with Crippen LogP contribution in [0.3, 0.4) is 0 Å². The average molecular weight is 472 g/mol. The Balaban J connectivity index is 2.07. The molecule has 3 rings (SSSR count). The number of anilines is 1. The zero-order chi connectivity index (χ0) is 23.4. The molecular weight excluding hydrogens is 446 g/mol. The van der Waals surface area contributed by atoms with Gasteiger partial charge in [-0.2, -0.15) is 0 Å². The molecule has 2 aromatic rings. The van der Waals surface area contributed by atoms with Gasteiger partial charge in [0.1, 0.15) is 6.61 Å². The van der Waals surface area contributed by atoms with Crippen molar-refractivity contribution in [3.8, 4) is 11.5 Å². The fraction of sp³-hybridized carbons (Fsp3) is 0.250. The largest absolute Gasteiger partial charge is 0.493 e. The van der Waals surface area contributed by atoms with Crippen LogP contribution in [0.5, 0.6) is 11.5 Å². The van der Waals surface area contributed by atoms with Gasteiger partial charge in [-0.25, -0.2) is 0 Å². The van der Waals surface area contributed by atoms with Gasteiger partial charge in [-0.15, -0.1) is 0 Å². The van der Waals surface area contributed by atoms with Gasteiger partial charge in [0.25, 0.3) is 5.91 Å². The molecule has 1 aliphatic rings. The second-order valence-electron chi connectivity index (χ2n) is 7.45. The Bertz CT molecular complexity index is 1110. The minimum absolute atomic E-state index is 0.257. The van der Waals surface area contributed by atoms with Crippen molar-refractivity contribution in [2.75, 3.05) is 19.0 Å². The number of thiocarbonyl (C=S) groups is 1. The van der Waals surface area contributed by atoms with Gasteiger partial charge in [-0.05, 0) is 62.3 Å². The van der Waals surface area contributed by atoms with E-state index in [-0.39, 0.29) is 12.5 Å². The highest BCUT2D eigenvalue weighted by molar-refractivity contribution is 7.80. The van der Waals surface area contributed by atoms with Crippen molar-refractivity contribution >= 4 is 40.5 Å². The van der Waals surface area contributed by atoms with E-state index in [4.69, 9.17) is 33.3 Å². The number of methoxy groups -OCH3 is 1. The molecule has 1 heterocycles. The van der Waals surface area contributed by atoms with Gasteiger partial charge in [0.05, 0.1) is 18.7 Å². The predicted octanol–water partition coefficient (Wildman–Crippen LogP) is 4.96. The minimum atomic E-state index is -0.609. The number of aryl methyl sites for hydroxylation is 2. The van der Waals surface area contributed by atoms with Gasteiger partial charge in [-0.1, -0.05) is 30.3 Å². The molecule has 1 amide bonds. The Morgan fingerprint density at radius 2 is 2.00 bits per heavy atom. The molecule has 0 saturated heterocycles. The topological polar surface area (TPSA) is 71.6 Å². The Morgan fingerprint density at radius 3 is 2.66 bits per heavy atom. The van der Waals surface area contributed by atoms with Gasteiger partial charge in [-0.3, -0.25) is 4.79 Å². The highest BCUT2D eigenvalue weighted by Crippen LogP contribution is 2.41. The summed E-state index contributed by atoms with van der Waals surface area (Å²) in [5, 5.41) is 10.0. The number of ether oxygens (including phenoxy) is 2. The van der Waals surface area contributed by atoms with Crippen LogP contribution in [0.1, 0.15) is 29.7 Å². The molecule has 8 heteroatoms. The quantitative estimate of drug-likeness (QED) is 0.391. The Labute approximate surface area is 198 Å². The number of nitrogens with one attached hydrogen (secondary N) is 3. The SMILES string of the molecule is C=CCOc1c(OC)cc(Cl)cc1C1NC(=S)NC(C)=C1C(=O)Nc1ccc(C)c(C)c1. The molecule has 0 fully saturated rings. The van der Waals surface area contributed by atoms with Gasteiger partial charge >= 0.3 is 0 Å². The van der Waals surface area contributed by atoms with E-state index in [2.05, 4.69) is 22.5 Å². The number of amides is 1. The fourth-order valence-electron chi connectivity index (χ4n) is 3.50. The van der Waals surface area contributed by atoms with E-state index in [0.29, 0.717) is 44.2 Å².